The van der Waals surface area contributed by atoms with E-state index in [1.165, 1.54) is 25.7 Å². The molecule has 0 spiro atoms. The Morgan fingerprint density at radius 3 is 2.93 bits per heavy atom. The fourth-order valence-electron chi connectivity index (χ4n) is 1.76. The second kappa shape index (κ2) is 4.69. The second-order valence-corrected chi connectivity index (χ2v) is 4.91. The van der Waals surface area contributed by atoms with Gasteiger partial charge in [0.2, 0.25) is 5.78 Å². The van der Waals surface area contributed by atoms with Gasteiger partial charge in [0.05, 0.1) is 12.0 Å². The molecule has 0 radical (unpaired) electrons. The van der Waals surface area contributed by atoms with Crippen molar-refractivity contribution < 1.29 is 9.21 Å². The van der Waals surface area contributed by atoms with E-state index in [-0.39, 0.29) is 5.78 Å². The topological polar surface area (TPSA) is 30.2 Å². The Morgan fingerprint density at radius 2 is 2.29 bits per heavy atom. The van der Waals surface area contributed by atoms with E-state index in [0.29, 0.717) is 16.8 Å². The average Bonchev–Trinajstić information content (AvgIpc) is 2.87. The molecule has 2 nitrogen and oxygen atoms in total. The standard InChI is InChI=1S/C11H14O2S/c12-10(11-6-3-7-13-11)8-14-9-4-1-2-5-9/h3,6-7,9H,1-2,4-5,8H2. The van der Waals surface area contributed by atoms with Gasteiger partial charge in [0.15, 0.2) is 5.76 Å². The molecule has 1 aliphatic carbocycles. The van der Waals surface area contributed by atoms with Crippen molar-refractivity contribution in [3.8, 4) is 0 Å². The highest BCUT2D eigenvalue weighted by molar-refractivity contribution is 8.00. The number of rotatable bonds is 4. The van der Waals surface area contributed by atoms with Gasteiger partial charge in [-0.3, -0.25) is 4.79 Å². The third kappa shape index (κ3) is 2.41. The molecule has 1 saturated carbocycles. The number of hydrogen-bond donors (Lipinski definition) is 0. The molecule has 0 aliphatic heterocycles. The van der Waals surface area contributed by atoms with Crippen LogP contribution in [0.5, 0.6) is 0 Å². The van der Waals surface area contributed by atoms with Crippen molar-refractivity contribution in [2.75, 3.05) is 5.75 Å². The molecule has 76 valence electrons. The zero-order valence-corrected chi connectivity index (χ0v) is 8.89. The minimum absolute atomic E-state index is 0.117. The summed E-state index contributed by atoms with van der Waals surface area (Å²) in [6.45, 7) is 0. The van der Waals surface area contributed by atoms with Gasteiger partial charge in [-0.1, -0.05) is 12.8 Å². The van der Waals surface area contributed by atoms with Crippen molar-refractivity contribution >= 4 is 17.5 Å². The summed E-state index contributed by atoms with van der Waals surface area (Å²) in [5.41, 5.74) is 0. The van der Waals surface area contributed by atoms with E-state index in [2.05, 4.69) is 0 Å². The molecule has 2 rings (SSSR count). The Bertz CT molecular complexity index is 286. The SMILES string of the molecule is O=C(CSC1CCCC1)c1ccco1. The van der Waals surface area contributed by atoms with Crippen molar-refractivity contribution in [1.29, 1.82) is 0 Å². The molecule has 0 aromatic carbocycles. The highest BCUT2D eigenvalue weighted by atomic mass is 32.2. The van der Waals surface area contributed by atoms with Gasteiger partial charge < -0.3 is 4.42 Å². The molecule has 0 amide bonds. The van der Waals surface area contributed by atoms with Crippen molar-refractivity contribution in [2.45, 2.75) is 30.9 Å². The molecule has 1 heterocycles. The van der Waals surface area contributed by atoms with Gasteiger partial charge in [-0.25, -0.2) is 0 Å². The first-order valence-corrected chi connectivity index (χ1v) is 6.09. The average molecular weight is 210 g/mol. The minimum atomic E-state index is 0.117. The Kier molecular flexibility index (Phi) is 3.30. The molecule has 1 aromatic rings. The highest BCUT2D eigenvalue weighted by Gasteiger charge is 2.17. The third-order valence-electron chi connectivity index (χ3n) is 2.55. The van der Waals surface area contributed by atoms with Gasteiger partial charge in [-0.05, 0) is 25.0 Å². The molecule has 1 fully saturated rings. The van der Waals surface area contributed by atoms with Gasteiger partial charge in [0.25, 0.3) is 0 Å². The maximum Gasteiger partial charge on any atom is 0.207 e. The zero-order valence-electron chi connectivity index (χ0n) is 8.07. The quantitative estimate of drug-likeness (QED) is 0.715. The fourth-order valence-corrected chi connectivity index (χ4v) is 2.95. The van der Waals surface area contributed by atoms with E-state index < -0.39 is 0 Å². The van der Waals surface area contributed by atoms with Gasteiger partial charge in [-0.2, -0.15) is 11.8 Å². The molecule has 0 N–H and O–H groups in total. The monoisotopic (exact) mass is 210 g/mol. The van der Waals surface area contributed by atoms with E-state index in [4.69, 9.17) is 4.42 Å². The molecule has 0 bridgehead atoms. The summed E-state index contributed by atoms with van der Waals surface area (Å²) in [6.07, 6.45) is 6.75. The lowest BCUT2D eigenvalue weighted by atomic mass is 10.3. The van der Waals surface area contributed by atoms with Crippen molar-refractivity contribution in [2.24, 2.45) is 0 Å². The second-order valence-electron chi connectivity index (χ2n) is 3.62. The Hall–Kier alpha value is -0.700. The number of carbonyl (C=O) groups excluding carboxylic acids is 1. The van der Waals surface area contributed by atoms with Crippen LogP contribution < -0.4 is 0 Å². The van der Waals surface area contributed by atoms with E-state index in [1.54, 1.807) is 30.2 Å². The summed E-state index contributed by atoms with van der Waals surface area (Å²) in [7, 11) is 0. The van der Waals surface area contributed by atoms with Gasteiger partial charge >= 0.3 is 0 Å². The first-order chi connectivity index (χ1) is 6.86. The number of thioether (sulfide) groups is 1. The van der Waals surface area contributed by atoms with Crippen LogP contribution in [0.1, 0.15) is 36.2 Å². The number of Topliss-reactive ketones (excluding diaryl/α,β-unsaturated/α-hetero) is 1. The molecule has 0 saturated heterocycles. The normalized spacial score (nSPS) is 17.4. The summed E-state index contributed by atoms with van der Waals surface area (Å²) >= 11 is 1.78. The van der Waals surface area contributed by atoms with Gasteiger partial charge in [0, 0.05) is 5.25 Å². The number of hydrogen-bond acceptors (Lipinski definition) is 3. The van der Waals surface area contributed by atoms with Crippen LogP contribution in [0.4, 0.5) is 0 Å². The number of furan rings is 1. The number of carbonyl (C=O) groups is 1. The van der Waals surface area contributed by atoms with Gasteiger partial charge in [-0.15, -0.1) is 0 Å². The smallest absolute Gasteiger partial charge is 0.207 e. The van der Waals surface area contributed by atoms with E-state index in [1.807, 2.05) is 0 Å². The van der Waals surface area contributed by atoms with Crippen LogP contribution in [0.25, 0.3) is 0 Å². The Morgan fingerprint density at radius 1 is 1.50 bits per heavy atom. The number of ketones is 1. The third-order valence-corrected chi connectivity index (χ3v) is 3.92. The van der Waals surface area contributed by atoms with Crippen LogP contribution in [-0.4, -0.2) is 16.8 Å². The largest absolute Gasteiger partial charge is 0.461 e. The van der Waals surface area contributed by atoms with Gasteiger partial charge in [0.1, 0.15) is 0 Å². The Balaban J connectivity index is 1.78. The molecular weight excluding hydrogens is 196 g/mol. The lowest BCUT2D eigenvalue weighted by Crippen LogP contribution is -2.05. The summed E-state index contributed by atoms with van der Waals surface area (Å²) in [6, 6.07) is 3.49. The van der Waals surface area contributed by atoms with Crippen LogP contribution >= 0.6 is 11.8 Å². The fraction of sp³-hybridized carbons (Fsp3) is 0.545. The van der Waals surface area contributed by atoms with Crippen molar-refractivity contribution in [1.82, 2.24) is 0 Å². The maximum absolute atomic E-state index is 11.5. The van der Waals surface area contributed by atoms with Crippen LogP contribution in [0, 0.1) is 0 Å². The predicted molar refractivity (Wildman–Crippen MR) is 57.8 cm³/mol. The molecule has 0 unspecified atom stereocenters. The first kappa shape index (κ1) is 9.84. The summed E-state index contributed by atoms with van der Waals surface area (Å²) in [5, 5.41) is 0.703. The van der Waals surface area contributed by atoms with E-state index in [0.717, 1.165) is 0 Å². The summed E-state index contributed by atoms with van der Waals surface area (Å²) in [4.78, 5) is 11.5. The van der Waals surface area contributed by atoms with Crippen LogP contribution in [-0.2, 0) is 0 Å². The molecule has 0 atom stereocenters. The molecular formula is C11H14O2S. The van der Waals surface area contributed by atoms with Crippen molar-refractivity contribution in [3.63, 3.8) is 0 Å². The highest BCUT2D eigenvalue weighted by Crippen LogP contribution is 2.29. The molecule has 14 heavy (non-hydrogen) atoms. The van der Waals surface area contributed by atoms with Crippen LogP contribution in [0.15, 0.2) is 22.8 Å². The van der Waals surface area contributed by atoms with Crippen molar-refractivity contribution in [3.05, 3.63) is 24.2 Å². The molecule has 1 aliphatic rings. The summed E-state index contributed by atoms with van der Waals surface area (Å²) < 4.78 is 5.05. The lowest BCUT2D eigenvalue weighted by molar-refractivity contribution is 0.0992. The molecule has 1 aromatic heterocycles. The predicted octanol–water partition coefficient (Wildman–Crippen LogP) is 3.14. The maximum atomic E-state index is 11.5. The first-order valence-electron chi connectivity index (χ1n) is 5.04. The van der Waals surface area contributed by atoms with E-state index >= 15 is 0 Å². The summed E-state index contributed by atoms with van der Waals surface area (Å²) in [5.74, 6) is 1.18. The van der Waals surface area contributed by atoms with Crippen LogP contribution in [0.3, 0.4) is 0 Å². The van der Waals surface area contributed by atoms with E-state index in [9.17, 15) is 4.79 Å². The lowest BCUT2D eigenvalue weighted by Gasteiger charge is -2.06. The Labute approximate surface area is 88.1 Å². The molecule has 3 heteroatoms. The zero-order chi connectivity index (χ0) is 9.80. The minimum Gasteiger partial charge on any atom is -0.461 e. The van der Waals surface area contributed by atoms with Crippen LogP contribution in [0.2, 0.25) is 0 Å².